The SMILES string of the molecule is Oc1cc(O)cc(CCCc2ccccc2O)c1. The molecule has 0 saturated heterocycles. The monoisotopic (exact) mass is 244 g/mol. The van der Waals surface area contributed by atoms with Gasteiger partial charge in [0.2, 0.25) is 0 Å². The Kier molecular flexibility index (Phi) is 3.72. The molecule has 0 amide bonds. The zero-order valence-electron chi connectivity index (χ0n) is 10.0. The maximum Gasteiger partial charge on any atom is 0.119 e. The summed E-state index contributed by atoms with van der Waals surface area (Å²) < 4.78 is 0. The minimum atomic E-state index is 0.0764. The summed E-state index contributed by atoms with van der Waals surface area (Å²) in [5, 5.41) is 28.3. The number of phenolic OH excluding ortho intramolecular Hbond substituents is 3. The molecule has 2 rings (SSSR count). The van der Waals surface area contributed by atoms with Gasteiger partial charge in [0.1, 0.15) is 17.2 Å². The van der Waals surface area contributed by atoms with E-state index in [4.69, 9.17) is 0 Å². The molecule has 0 atom stereocenters. The quantitative estimate of drug-likeness (QED) is 0.774. The lowest BCUT2D eigenvalue weighted by Crippen LogP contribution is -1.90. The van der Waals surface area contributed by atoms with Crippen molar-refractivity contribution in [3.63, 3.8) is 0 Å². The largest absolute Gasteiger partial charge is 0.508 e. The lowest BCUT2D eigenvalue weighted by molar-refractivity contribution is 0.448. The zero-order valence-corrected chi connectivity index (χ0v) is 10.0. The van der Waals surface area contributed by atoms with Crippen LogP contribution in [-0.4, -0.2) is 15.3 Å². The van der Waals surface area contributed by atoms with E-state index in [0.29, 0.717) is 5.75 Å². The Morgan fingerprint density at radius 2 is 1.44 bits per heavy atom. The normalized spacial score (nSPS) is 10.4. The predicted molar refractivity (Wildman–Crippen MR) is 69.9 cm³/mol. The Bertz CT molecular complexity index is 515. The summed E-state index contributed by atoms with van der Waals surface area (Å²) in [5.74, 6) is 0.469. The van der Waals surface area contributed by atoms with Gasteiger partial charge in [0.15, 0.2) is 0 Å². The maximum atomic E-state index is 9.62. The third-order valence-electron chi connectivity index (χ3n) is 2.87. The number of rotatable bonds is 4. The first-order valence-electron chi connectivity index (χ1n) is 5.94. The Morgan fingerprint density at radius 1 is 0.778 bits per heavy atom. The molecule has 0 aliphatic heterocycles. The van der Waals surface area contributed by atoms with Crippen molar-refractivity contribution < 1.29 is 15.3 Å². The van der Waals surface area contributed by atoms with E-state index in [0.717, 1.165) is 30.4 Å². The molecule has 0 bridgehead atoms. The van der Waals surface area contributed by atoms with Gasteiger partial charge in [-0.25, -0.2) is 0 Å². The summed E-state index contributed by atoms with van der Waals surface area (Å²) in [5.41, 5.74) is 1.81. The van der Waals surface area contributed by atoms with E-state index in [1.54, 1.807) is 24.3 Å². The molecule has 2 aromatic carbocycles. The molecule has 0 aliphatic carbocycles. The number of para-hydroxylation sites is 1. The number of phenols is 3. The molecule has 0 saturated carbocycles. The van der Waals surface area contributed by atoms with Crippen molar-refractivity contribution in [1.82, 2.24) is 0 Å². The van der Waals surface area contributed by atoms with Crippen molar-refractivity contribution in [2.45, 2.75) is 19.3 Å². The highest BCUT2D eigenvalue weighted by Crippen LogP contribution is 2.23. The molecule has 3 heteroatoms. The van der Waals surface area contributed by atoms with Gasteiger partial charge in [-0.05, 0) is 48.6 Å². The van der Waals surface area contributed by atoms with E-state index in [1.165, 1.54) is 6.07 Å². The second-order valence-electron chi connectivity index (χ2n) is 4.34. The summed E-state index contributed by atoms with van der Waals surface area (Å²) in [6.45, 7) is 0. The molecule has 0 heterocycles. The second-order valence-corrected chi connectivity index (χ2v) is 4.34. The third kappa shape index (κ3) is 3.17. The van der Waals surface area contributed by atoms with Crippen LogP contribution >= 0.6 is 0 Å². The van der Waals surface area contributed by atoms with Crippen LogP contribution in [0.25, 0.3) is 0 Å². The number of aromatic hydroxyl groups is 3. The fraction of sp³-hybridized carbons (Fsp3) is 0.200. The van der Waals surface area contributed by atoms with Crippen LogP contribution in [0, 0.1) is 0 Å². The van der Waals surface area contributed by atoms with Gasteiger partial charge in [0.25, 0.3) is 0 Å². The number of hydrogen-bond acceptors (Lipinski definition) is 3. The molecule has 3 N–H and O–H groups in total. The van der Waals surface area contributed by atoms with Crippen LogP contribution in [-0.2, 0) is 12.8 Å². The molecule has 94 valence electrons. The van der Waals surface area contributed by atoms with Gasteiger partial charge >= 0.3 is 0 Å². The Hall–Kier alpha value is -2.16. The molecular weight excluding hydrogens is 228 g/mol. The van der Waals surface area contributed by atoms with Gasteiger partial charge in [-0.1, -0.05) is 18.2 Å². The van der Waals surface area contributed by atoms with Crippen LogP contribution in [0.15, 0.2) is 42.5 Å². The highest BCUT2D eigenvalue weighted by molar-refractivity contribution is 5.37. The maximum absolute atomic E-state index is 9.62. The Morgan fingerprint density at radius 3 is 2.11 bits per heavy atom. The molecule has 0 fully saturated rings. The van der Waals surface area contributed by atoms with E-state index in [2.05, 4.69) is 0 Å². The molecular formula is C15H16O3. The van der Waals surface area contributed by atoms with Crippen LogP contribution in [0.5, 0.6) is 17.2 Å². The van der Waals surface area contributed by atoms with E-state index in [-0.39, 0.29) is 11.5 Å². The van der Waals surface area contributed by atoms with E-state index >= 15 is 0 Å². The number of hydrogen-bond donors (Lipinski definition) is 3. The summed E-state index contributed by atoms with van der Waals surface area (Å²) in [6, 6.07) is 11.9. The molecule has 18 heavy (non-hydrogen) atoms. The van der Waals surface area contributed by atoms with Crippen LogP contribution in [0.3, 0.4) is 0 Å². The van der Waals surface area contributed by atoms with Crippen LogP contribution in [0.1, 0.15) is 17.5 Å². The van der Waals surface area contributed by atoms with Gasteiger partial charge in [0.05, 0.1) is 0 Å². The number of aryl methyl sites for hydroxylation is 2. The molecule has 0 spiro atoms. The van der Waals surface area contributed by atoms with Gasteiger partial charge in [0, 0.05) is 6.07 Å². The number of benzene rings is 2. The molecule has 0 unspecified atom stereocenters. The molecule has 3 nitrogen and oxygen atoms in total. The van der Waals surface area contributed by atoms with E-state index in [9.17, 15) is 15.3 Å². The van der Waals surface area contributed by atoms with Crippen molar-refractivity contribution in [2.24, 2.45) is 0 Å². The van der Waals surface area contributed by atoms with Crippen LogP contribution in [0.4, 0.5) is 0 Å². The predicted octanol–water partition coefficient (Wildman–Crippen LogP) is 2.98. The lowest BCUT2D eigenvalue weighted by atomic mass is 10.0. The van der Waals surface area contributed by atoms with Crippen molar-refractivity contribution in [3.8, 4) is 17.2 Å². The molecule has 0 radical (unpaired) electrons. The van der Waals surface area contributed by atoms with Gasteiger partial charge in [-0.2, -0.15) is 0 Å². The molecule has 0 aromatic heterocycles. The van der Waals surface area contributed by atoms with E-state index < -0.39 is 0 Å². The second kappa shape index (κ2) is 5.45. The topological polar surface area (TPSA) is 60.7 Å². The summed E-state index contributed by atoms with van der Waals surface area (Å²) >= 11 is 0. The van der Waals surface area contributed by atoms with Crippen molar-refractivity contribution in [1.29, 1.82) is 0 Å². The fourth-order valence-electron chi connectivity index (χ4n) is 2.01. The van der Waals surface area contributed by atoms with Gasteiger partial charge in [-0.3, -0.25) is 0 Å². The third-order valence-corrected chi connectivity index (χ3v) is 2.87. The fourth-order valence-corrected chi connectivity index (χ4v) is 2.01. The minimum absolute atomic E-state index is 0.0764. The smallest absolute Gasteiger partial charge is 0.119 e. The highest BCUT2D eigenvalue weighted by atomic mass is 16.3. The standard InChI is InChI=1S/C15H16O3/c16-13-8-11(9-14(17)10-13)4-3-6-12-5-1-2-7-15(12)18/h1-2,5,7-10,16-18H,3-4,6H2. The summed E-state index contributed by atoms with van der Waals surface area (Å²) in [6.07, 6.45) is 2.36. The van der Waals surface area contributed by atoms with Crippen molar-refractivity contribution in [2.75, 3.05) is 0 Å². The first-order valence-corrected chi connectivity index (χ1v) is 5.94. The lowest BCUT2D eigenvalue weighted by Gasteiger charge is -2.05. The molecule has 0 aliphatic rings. The van der Waals surface area contributed by atoms with Gasteiger partial charge in [-0.15, -0.1) is 0 Å². The van der Waals surface area contributed by atoms with Crippen LogP contribution in [0.2, 0.25) is 0 Å². The van der Waals surface area contributed by atoms with Crippen molar-refractivity contribution >= 4 is 0 Å². The molecule has 2 aromatic rings. The van der Waals surface area contributed by atoms with Crippen LogP contribution < -0.4 is 0 Å². The summed E-state index contributed by atoms with van der Waals surface area (Å²) in [4.78, 5) is 0. The Labute approximate surface area is 106 Å². The Balaban J connectivity index is 1.94. The van der Waals surface area contributed by atoms with E-state index in [1.807, 2.05) is 12.1 Å². The highest BCUT2D eigenvalue weighted by Gasteiger charge is 2.02. The zero-order chi connectivity index (χ0) is 13.0. The first-order chi connectivity index (χ1) is 8.65. The average molecular weight is 244 g/mol. The minimum Gasteiger partial charge on any atom is -0.508 e. The summed E-state index contributed by atoms with van der Waals surface area (Å²) in [7, 11) is 0. The van der Waals surface area contributed by atoms with Crippen molar-refractivity contribution in [3.05, 3.63) is 53.6 Å². The first kappa shape index (κ1) is 12.3. The van der Waals surface area contributed by atoms with Gasteiger partial charge < -0.3 is 15.3 Å². The average Bonchev–Trinajstić information content (AvgIpc) is 2.30.